The van der Waals surface area contributed by atoms with Gasteiger partial charge in [0.2, 0.25) is 5.91 Å². The van der Waals surface area contributed by atoms with Gasteiger partial charge >= 0.3 is 0 Å². The van der Waals surface area contributed by atoms with Crippen molar-refractivity contribution in [2.45, 2.75) is 58.3 Å². The second-order valence-corrected chi connectivity index (χ2v) is 9.25. The first-order valence-corrected chi connectivity index (χ1v) is 10.4. The molecule has 5 heteroatoms. The van der Waals surface area contributed by atoms with Crippen LogP contribution in [0.25, 0.3) is 0 Å². The monoisotopic (exact) mass is 347 g/mol. The second-order valence-electron chi connectivity index (χ2n) is 8.01. The molecular formula is C19H29N3OS. The van der Waals surface area contributed by atoms with Gasteiger partial charge in [-0.2, -0.15) is 0 Å². The number of amides is 1. The minimum atomic E-state index is -0.102. The predicted molar refractivity (Wildman–Crippen MR) is 97.4 cm³/mol. The van der Waals surface area contributed by atoms with Crippen molar-refractivity contribution >= 4 is 17.2 Å². The maximum Gasteiger partial charge on any atom is 0.230 e. The van der Waals surface area contributed by atoms with Crippen molar-refractivity contribution in [2.75, 3.05) is 26.2 Å². The molecule has 1 aromatic heterocycles. The summed E-state index contributed by atoms with van der Waals surface area (Å²) in [5.74, 6) is 1.43. The third kappa shape index (κ3) is 2.70. The van der Waals surface area contributed by atoms with Gasteiger partial charge in [-0.05, 0) is 52.0 Å². The Hall–Kier alpha value is -0.940. The first-order valence-electron chi connectivity index (χ1n) is 9.54. The number of rotatable bonds is 2. The number of nitrogens with one attached hydrogen (secondary N) is 1. The van der Waals surface area contributed by atoms with E-state index in [0.29, 0.717) is 17.7 Å². The number of carbonyl (C=O) groups excluding carboxylic acids is 1. The molecule has 1 aliphatic carbocycles. The van der Waals surface area contributed by atoms with E-state index < -0.39 is 0 Å². The number of aromatic nitrogens is 1. The molecule has 1 aromatic rings. The summed E-state index contributed by atoms with van der Waals surface area (Å²) in [4.78, 5) is 21.8. The van der Waals surface area contributed by atoms with Crippen molar-refractivity contribution in [1.29, 1.82) is 0 Å². The lowest BCUT2D eigenvalue weighted by molar-refractivity contribution is -0.146. The summed E-state index contributed by atoms with van der Waals surface area (Å²) in [6.07, 6.45) is 7.10. The molecule has 3 fully saturated rings. The van der Waals surface area contributed by atoms with Crippen LogP contribution >= 0.6 is 11.3 Å². The van der Waals surface area contributed by atoms with Crippen LogP contribution in [0.1, 0.15) is 60.0 Å². The van der Waals surface area contributed by atoms with Crippen LogP contribution in [0.15, 0.2) is 0 Å². The molecule has 3 aliphatic rings. The molecule has 24 heavy (non-hydrogen) atoms. The lowest BCUT2D eigenvalue weighted by Gasteiger charge is -2.43. The number of nitrogens with zero attached hydrogens (tertiary/aromatic N) is 2. The van der Waals surface area contributed by atoms with Crippen LogP contribution in [-0.2, 0) is 4.79 Å². The van der Waals surface area contributed by atoms with Crippen LogP contribution in [0.5, 0.6) is 0 Å². The first kappa shape index (κ1) is 16.5. The average molecular weight is 348 g/mol. The molecule has 4 rings (SSSR count). The SMILES string of the molecule is Cc1nc(C2CCCN(C(=O)[C@@]34CCCC[C@H]3CNC4)C2)sc1C. The standard InChI is InChI=1S/C19H29N3OS/c1-13-14(2)24-17(21-13)15-6-5-9-22(11-15)18(23)19-8-4-3-7-16(19)10-20-12-19/h15-16,20H,3-12H2,1-2H3/t15?,16-,19+/m0/s1. The fraction of sp³-hybridized carbons (Fsp3) is 0.789. The Morgan fingerprint density at radius 3 is 2.96 bits per heavy atom. The van der Waals surface area contributed by atoms with Gasteiger partial charge in [-0.1, -0.05) is 12.8 Å². The van der Waals surface area contributed by atoms with Crippen molar-refractivity contribution in [3.8, 4) is 0 Å². The molecule has 0 radical (unpaired) electrons. The van der Waals surface area contributed by atoms with Crippen LogP contribution in [0.3, 0.4) is 0 Å². The quantitative estimate of drug-likeness (QED) is 0.893. The molecule has 4 nitrogen and oxygen atoms in total. The third-order valence-corrected chi connectivity index (χ3v) is 7.80. The Morgan fingerprint density at radius 2 is 2.17 bits per heavy atom. The molecule has 132 valence electrons. The van der Waals surface area contributed by atoms with E-state index >= 15 is 0 Å². The van der Waals surface area contributed by atoms with Crippen molar-refractivity contribution in [3.05, 3.63) is 15.6 Å². The number of likely N-dealkylation sites (tertiary alicyclic amines) is 1. The number of fused-ring (bicyclic) bond motifs is 1. The topological polar surface area (TPSA) is 45.2 Å². The minimum absolute atomic E-state index is 0.102. The van der Waals surface area contributed by atoms with Gasteiger partial charge in [0, 0.05) is 30.4 Å². The minimum Gasteiger partial charge on any atom is -0.341 e. The number of hydrogen-bond donors (Lipinski definition) is 1. The van der Waals surface area contributed by atoms with E-state index in [-0.39, 0.29) is 5.41 Å². The van der Waals surface area contributed by atoms with Gasteiger partial charge in [0.15, 0.2) is 0 Å². The van der Waals surface area contributed by atoms with E-state index in [0.717, 1.165) is 44.7 Å². The zero-order valence-corrected chi connectivity index (χ0v) is 15.8. The summed E-state index contributed by atoms with van der Waals surface area (Å²) < 4.78 is 0. The molecule has 1 saturated carbocycles. The number of hydrogen-bond acceptors (Lipinski definition) is 4. The fourth-order valence-electron chi connectivity index (χ4n) is 5.02. The smallest absolute Gasteiger partial charge is 0.230 e. The molecule has 0 spiro atoms. The Balaban J connectivity index is 1.52. The van der Waals surface area contributed by atoms with E-state index in [9.17, 15) is 4.79 Å². The van der Waals surface area contributed by atoms with Crippen LogP contribution in [0.2, 0.25) is 0 Å². The molecule has 3 heterocycles. The second kappa shape index (κ2) is 6.41. The van der Waals surface area contributed by atoms with Crippen LogP contribution in [-0.4, -0.2) is 42.0 Å². The Bertz CT molecular complexity index is 609. The summed E-state index contributed by atoms with van der Waals surface area (Å²) in [6.45, 7) is 7.99. The van der Waals surface area contributed by atoms with Crippen molar-refractivity contribution in [2.24, 2.45) is 11.3 Å². The van der Waals surface area contributed by atoms with Crippen molar-refractivity contribution < 1.29 is 4.79 Å². The Kier molecular flexibility index (Phi) is 4.42. The van der Waals surface area contributed by atoms with Gasteiger partial charge in [0.05, 0.1) is 16.1 Å². The van der Waals surface area contributed by atoms with E-state index in [1.165, 1.54) is 35.6 Å². The maximum atomic E-state index is 13.5. The highest BCUT2D eigenvalue weighted by Gasteiger charge is 2.51. The maximum absolute atomic E-state index is 13.5. The molecule has 1 amide bonds. The van der Waals surface area contributed by atoms with Gasteiger partial charge in [0.25, 0.3) is 0 Å². The van der Waals surface area contributed by atoms with Crippen LogP contribution < -0.4 is 5.32 Å². The van der Waals surface area contributed by atoms with E-state index in [1.54, 1.807) is 0 Å². The Morgan fingerprint density at radius 1 is 1.29 bits per heavy atom. The van der Waals surface area contributed by atoms with E-state index in [2.05, 4.69) is 24.1 Å². The number of aryl methyl sites for hydroxylation is 2. The summed E-state index contributed by atoms with van der Waals surface area (Å²) in [5, 5.41) is 4.76. The van der Waals surface area contributed by atoms with Gasteiger partial charge in [-0.3, -0.25) is 4.79 Å². The highest BCUT2D eigenvalue weighted by atomic mass is 32.1. The zero-order valence-electron chi connectivity index (χ0n) is 14.9. The summed E-state index contributed by atoms with van der Waals surface area (Å²) in [6, 6.07) is 0. The van der Waals surface area contributed by atoms with Gasteiger partial charge in [-0.25, -0.2) is 4.98 Å². The largest absolute Gasteiger partial charge is 0.341 e. The molecule has 1 unspecified atom stereocenters. The van der Waals surface area contributed by atoms with Crippen molar-refractivity contribution in [3.63, 3.8) is 0 Å². The summed E-state index contributed by atoms with van der Waals surface area (Å²) in [5.41, 5.74) is 1.05. The molecule has 1 N–H and O–H groups in total. The highest BCUT2D eigenvalue weighted by Crippen LogP contribution is 2.46. The zero-order chi connectivity index (χ0) is 16.7. The molecular weight excluding hydrogens is 318 g/mol. The summed E-state index contributed by atoms with van der Waals surface area (Å²) >= 11 is 1.83. The Labute approximate surface area is 149 Å². The molecule has 0 aromatic carbocycles. The number of piperidine rings is 1. The van der Waals surface area contributed by atoms with Crippen LogP contribution in [0, 0.1) is 25.2 Å². The van der Waals surface area contributed by atoms with Crippen molar-refractivity contribution in [1.82, 2.24) is 15.2 Å². The molecule has 3 atom stereocenters. The van der Waals surface area contributed by atoms with Crippen LogP contribution in [0.4, 0.5) is 0 Å². The van der Waals surface area contributed by atoms with Gasteiger partial charge < -0.3 is 10.2 Å². The third-order valence-electron chi connectivity index (χ3n) is 6.57. The van der Waals surface area contributed by atoms with E-state index in [4.69, 9.17) is 4.98 Å². The first-order chi connectivity index (χ1) is 11.6. The normalized spacial score (nSPS) is 33.5. The predicted octanol–water partition coefficient (Wildman–Crippen LogP) is 3.25. The van der Waals surface area contributed by atoms with E-state index in [1.807, 2.05) is 11.3 Å². The number of thiazole rings is 1. The molecule has 0 bridgehead atoms. The number of carbonyl (C=O) groups is 1. The molecule has 2 saturated heterocycles. The lowest BCUT2D eigenvalue weighted by atomic mass is 9.67. The van der Waals surface area contributed by atoms with Gasteiger partial charge in [0.1, 0.15) is 0 Å². The molecule has 2 aliphatic heterocycles. The summed E-state index contributed by atoms with van der Waals surface area (Å²) in [7, 11) is 0. The average Bonchev–Trinajstić information content (AvgIpc) is 3.19. The lowest BCUT2D eigenvalue weighted by Crippen LogP contribution is -2.52. The highest BCUT2D eigenvalue weighted by molar-refractivity contribution is 7.11. The fourth-order valence-corrected chi connectivity index (χ4v) is 6.07. The van der Waals surface area contributed by atoms with Gasteiger partial charge in [-0.15, -0.1) is 11.3 Å².